The number of ether oxygens (including phenoxy) is 2. The maximum Gasteiger partial charge on any atom is 0.260 e. The molecule has 0 radical (unpaired) electrons. The van der Waals surface area contributed by atoms with Crippen molar-refractivity contribution in [3.8, 4) is 11.5 Å². The van der Waals surface area contributed by atoms with E-state index in [2.05, 4.69) is 32.2 Å². The van der Waals surface area contributed by atoms with Gasteiger partial charge in [-0.1, -0.05) is 56.7 Å². The van der Waals surface area contributed by atoms with Gasteiger partial charge in [-0.2, -0.15) is 0 Å². The monoisotopic (exact) mass is 355 g/mol. The Morgan fingerprint density at radius 3 is 2.38 bits per heavy atom. The van der Waals surface area contributed by atoms with Crippen LogP contribution in [0.4, 0.5) is 0 Å². The molecule has 0 unspecified atom stereocenters. The van der Waals surface area contributed by atoms with Gasteiger partial charge in [-0.05, 0) is 43.0 Å². The maximum absolute atomic E-state index is 12.2. The lowest BCUT2D eigenvalue weighted by Gasteiger charge is -2.22. The molecule has 0 bridgehead atoms. The number of carbonyl (C=O) groups is 1. The van der Waals surface area contributed by atoms with E-state index in [1.165, 1.54) is 0 Å². The molecule has 2 aromatic carbocycles. The topological polar surface area (TPSA) is 47.6 Å². The third kappa shape index (κ3) is 5.80. The molecule has 0 aliphatic heterocycles. The lowest BCUT2D eigenvalue weighted by atomic mass is 9.86. The van der Waals surface area contributed by atoms with Crippen LogP contribution in [0.3, 0.4) is 0 Å². The highest BCUT2D eigenvalue weighted by molar-refractivity contribution is 5.80. The first-order valence-electron chi connectivity index (χ1n) is 9.01. The van der Waals surface area contributed by atoms with E-state index >= 15 is 0 Å². The molecule has 0 aliphatic carbocycles. The number of amides is 1. The van der Waals surface area contributed by atoms with Crippen molar-refractivity contribution in [1.82, 2.24) is 5.32 Å². The Morgan fingerprint density at radius 2 is 1.73 bits per heavy atom. The van der Waals surface area contributed by atoms with E-state index in [0.717, 1.165) is 16.9 Å². The molecule has 0 aliphatic rings. The van der Waals surface area contributed by atoms with E-state index in [0.29, 0.717) is 18.9 Å². The van der Waals surface area contributed by atoms with Crippen molar-refractivity contribution in [1.29, 1.82) is 0 Å². The summed E-state index contributed by atoms with van der Waals surface area (Å²) in [6.07, 6.45) is -0.556. The third-order valence-corrected chi connectivity index (χ3v) is 4.06. The van der Waals surface area contributed by atoms with E-state index < -0.39 is 6.10 Å². The zero-order chi connectivity index (χ0) is 19.2. The molecule has 0 spiro atoms. The summed E-state index contributed by atoms with van der Waals surface area (Å²) in [6, 6.07) is 15.7. The van der Waals surface area contributed by atoms with Gasteiger partial charge >= 0.3 is 0 Å². The molecule has 1 amide bonds. The zero-order valence-electron chi connectivity index (χ0n) is 16.3. The molecule has 0 aromatic heterocycles. The molecule has 0 saturated heterocycles. The van der Waals surface area contributed by atoms with Gasteiger partial charge in [0.15, 0.2) is 6.10 Å². The zero-order valence-corrected chi connectivity index (χ0v) is 16.3. The molecule has 1 N–H and O–H groups in total. The van der Waals surface area contributed by atoms with Crippen molar-refractivity contribution in [2.75, 3.05) is 13.2 Å². The number of hydrogen-bond donors (Lipinski definition) is 1. The minimum atomic E-state index is -0.556. The van der Waals surface area contributed by atoms with Gasteiger partial charge in [0, 0.05) is 0 Å². The van der Waals surface area contributed by atoms with Crippen molar-refractivity contribution in [2.45, 2.75) is 46.1 Å². The molecular formula is C22H29NO3. The lowest BCUT2D eigenvalue weighted by Crippen LogP contribution is -2.38. The summed E-state index contributed by atoms with van der Waals surface area (Å²) in [4.78, 5) is 12.2. The summed E-state index contributed by atoms with van der Waals surface area (Å²) < 4.78 is 11.5. The molecule has 4 heteroatoms. The van der Waals surface area contributed by atoms with Crippen LogP contribution < -0.4 is 14.8 Å². The van der Waals surface area contributed by atoms with Crippen molar-refractivity contribution in [3.63, 3.8) is 0 Å². The van der Waals surface area contributed by atoms with Gasteiger partial charge in [0.25, 0.3) is 5.91 Å². The van der Waals surface area contributed by atoms with Crippen LogP contribution in [0.2, 0.25) is 0 Å². The summed E-state index contributed by atoms with van der Waals surface area (Å²) in [7, 11) is 0. The summed E-state index contributed by atoms with van der Waals surface area (Å²) in [5.74, 6) is 1.39. The van der Waals surface area contributed by atoms with Crippen LogP contribution >= 0.6 is 0 Å². The Kier molecular flexibility index (Phi) is 6.67. The van der Waals surface area contributed by atoms with Gasteiger partial charge < -0.3 is 14.8 Å². The molecule has 26 heavy (non-hydrogen) atoms. The van der Waals surface area contributed by atoms with E-state index in [-0.39, 0.29) is 11.3 Å². The van der Waals surface area contributed by atoms with Crippen LogP contribution in [0.1, 0.15) is 38.8 Å². The first-order valence-corrected chi connectivity index (χ1v) is 9.01. The smallest absolute Gasteiger partial charge is 0.260 e. The van der Waals surface area contributed by atoms with Gasteiger partial charge in [0.1, 0.15) is 18.1 Å². The van der Waals surface area contributed by atoms with E-state index in [9.17, 15) is 4.79 Å². The maximum atomic E-state index is 12.2. The van der Waals surface area contributed by atoms with E-state index in [4.69, 9.17) is 9.47 Å². The molecule has 0 heterocycles. The largest absolute Gasteiger partial charge is 0.491 e. The number of nitrogens with one attached hydrogen (secondary N) is 1. The van der Waals surface area contributed by atoms with Crippen LogP contribution in [-0.4, -0.2) is 25.2 Å². The summed E-state index contributed by atoms with van der Waals surface area (Å²) in [6.45, 7) is 11.1. The Morgan fingerprint density at radius 1 is 1.08 bits per heavy atom. The highest BCUT2D eigenvalue weighted by Gasteiger charge is 2.18. The van der Waals surface area contributed by atoms with Crippen molar-refractivity contribution in [3.05, 3.63) is 59.7 Å². The second-order valence-electron chi connectivity index (χ2n) is 7.46. The van der Waals surface area contributed by atoms with Crippen LogP contribution in [0.15, 0.2) is 48.5 Å². The fourth-order valence-electron chi connectivity index (χ4n) is 2.57. The molecular weight excluding hydrogens is 326 g/mol. The predicted octanol–water partition coefficient (Wildman–Crippen LogP) is 4.26. The summed E-state index contributed by atoms with van der Waals surface area (Å²) in [5, 5.41) is 2.85. The standard InChI is InChI=1S/C22H29NO3/c1-16-10-12-18(13-11-16)26-17(2)21(24)23-14-15-25-20-9-7-6-8-19(20)22(3,4)5/h6-13,17H,14-15H2,1-5H3,(H,23,24)/t17-/m0/s1. The number of para-hydroxylation sites is 1. The van der Waals surface area contributed by atoms with Crippen LogP contribution in [0.25, 0.3) is 0 Å². The van der Waals surface area contributed by atoms with Crippen LogP contribution in [0.5, 0.6) is 11.5 Å². The average molecular weight is 355 g/mol. The van der Waals surface area contributed by atoms with Crippen molar-refractivity contribution in [2.24, 2.45) is 0 Å². The molecule has 0 saturated carbocycles. The molecule has 0 fully saturated rings. The Labute approximate surface area is 156 Å². The minimum Gasteiger partial charge on any atom is -0.491 e. The summed E-state index contributed by atoms with van der Waals surface area (Å²) >= 11 is 0. The molecule has 1 atom stereocenters. The highest BCUT2D eigenvalue weighted by atomic mass is 16.5. The molecule has 2 rings (SSSR count). The lowest BCUT2D eigenvalue weighted by molar-refractivity contribution is -0.127. The fraction of sp³-hybridized carbons (Fsp3) is 0.409. The molecule has 140 valence electrons. The van der Waals surface area contributed by atoms with E-state index in [1.807, 2.05) is 49.4 Å². The number of hydrogen-bond acceptors (Lipinski definition) is 3. The van der Waals surface area contributed by atoms with Crippen molar-refractivity contribution < 1.29 is 14.3 Å². The van der Waals surface area contributed by atoms with Crippen LogP contribution in [0, 0.1) is 6.92 Å². The van der Waals surface area contributed by atoms with Gasteiger partial charge in [0.2, 0.25) is 0 Å². The van der Waals surface area contributed by atoms with Gasteiger partial charge in [-0.25, -0.2) is 0 Å². The number of benzene rings is 2. The van der Waals surface area contributed by atoms with Gasteiger partial charge in [-0.15, -0.1) is 0 Å². The Balaban J connectivity index is 1.79. The Hall–Kier alpha value is -2.49. The summed E-state index contributed by atoms with van der Waals surface area (Å²) in [5.41, 5.74) is 2.32. The van der Waals surface area contributed by atoms with Gasteiger partial charge in [-0.3, -0.25) is 4.79 Å². The number of rotatable bonds is 7. The van der Waals surface area contributed by atoms with Crippen LogP contribution in [-0.2, 0) is 10.2 Å². The van der Waals surface area contributed by atoms with Gasteiger partial charge in [0.05, 0.1) is 6.54 Å². The normalized spacial score (nSPS) is 12.3. The Bertz CT molecular complexity index is 717. The average Bonchev–Trinajstić information content (AvgIpc) is 2.60. The third-order valence-electron chi connectivity index (χ3n) is 4.06. The van der Waals surface area contributed by atoms with Crippen molar-refractivity contribution >= 4 is 5.91 Å². The quantitative estimate of drug-likeness (QED) is 0.755. The van der Waals surface area contributed by atoms with E-state index in [1.54, 1.807) is 6.92 Å². The first kappa shape index (κ1) is 19.8. The highest BCUT2D eigenvalue weighted by Crippen LogP contribution is 2.30. The second-order valence-corrected chi connectivity index (χ2v) is 7.46. The fourth-order valence-corrected chi connectivity index (χ4v) is 2.57. The number of aryl methyl sites for hydroxylation is 1. The second kappa shape index (κ2) is 8.75. The molecule has 2 aromatic rings. The first-order chi connectivity index (χ1) is 12.3. The predicted molar refractivity (Wildman–Crippen MR) is 105 cm³/mol. The molecule has 4 nitrogen and oxygen atoms in total. The number of carbonyl (C=O) groups excluding carboxylic acids is 1. The minimum absolute atomic E-state index is 0.0102. The SMILES string of the molecule is Cc1ccc(O[C@@H](C)C(=O)NCCOc2ccccc2C(C)(C)C)cc1.